The lowest BCUT2D eigenvalue weighted by Crippen LogP contribution is -2.29. The topological polar surface area (TPSA) is 78.1 Å². The highest BCUT2D eigenvalue weighted by atomic mass is 32.2. The van der Waals surface area contributed by atoms with Gasteiger partial charge in [0.05, 0.1) is 0 Å². The number of fused-ring (bicyclic) bond motifs is 3. The molecule has 0 saturated carbocycles. The van der Waals surface area contributed by atoms with Crippen LogP contribution in [-0.2, 0) is 32.1 Å². The van der Waals surface area contributed by atoms with Crippen LogP contribution in [0.5, 0.6) is 0 Å². The Bertz CT molecular complexity index is 989. The van der Waals surface area contributed by atoms with Gasteiger partial charge >= 0.3 is 6.03 Å². The molecular weight excluding hydrogens is 382 g/mol. The van der Waals surface area contributed by atoms with E-state index in [-0.39, 0.29) is 11.4 Å². The molecule has 2 amide bonds. The van der Waals surface area contributed by atoms with Crippen molar-refractivity contribution >= 4 is 29.4 Å². The zero-order valence-corrected chi connectivity index (χ0v) is 17.9. The fourth-order valence-corrected chi connectivity index (χ4v) is 5.53. The van der Waals surface area contributed by atoms with Crippen molar-refractivity contribution in [2.75, 3.05) is 5.32 Å². The molecule has 3 aliphatic carbocycles. The normalized spacial score (nSPS) is 18.9. The summed E-state index contributed by atoms with van der Waals surface area (Å²) in [7, 11) is 0. The fraction of sp³-hybridized carbons (Fsp3) is 0.478. The van der Waals surface area contributed by atoms with Gasteiger partial charge in [-0.15, -0.1) is 0 Å². The van der Waals surface area contributed by atoms with Crippen LogP contribution in [0.1, 0.15) is 66.7 Å². The van der Waals surface area contributed by atoms with Crippen molar-refractivity contribution in [3.05, 3.63) is 45.7 Å². The molecule has 1 aromatic carbocycles. The van der Waals surface area contributed by atoms with Crippen LogP contribution < -0.4 is 10.0 Å². The summed E-state index contributed by atoms with van der Waals surface area (Å²) < 4.78 is 8.78. The lowest BCUT2D eigenvalue weighted by atomic mass is 9.75. The van der Waals surface area contributed by atoms with Gasteiger partial charge in [-0.3, -0.25) is 4.72 Å². The minimum atomic E-state index is -0.214. The molecule has 0 aliphatic heterocycles. The third-order valence-electron chi connectivity index (χ3n) is 6.67. The molecule has 1 aromatic heterocycles. The fourth-order valence-electron chi connectivity index (χ4n) is 4.97. The number of carbonyl (C=O) groups is 1. The van der Waals surface area contributed by atoms with Gasteiger partial charge in [-0.05, 0) is 67.2 Å². The van der Waals surface area contributed by atoms with Crippen LogP contribution in [0.4, 0.5) is 10.5 Å². The summed E-state index contributed by atoms with van der Waals surface area (Å²) in [5, 5.41) is 12.2. The Morgan fingerprint density at radius 3 is 2.45 bits per heavy atom. The number of amides is 2. The molecule has 5 rings (SSSR count). The minimum Gasteiger partial charge on any atom is -0.452 e. The van der Waals surface area contributed by atoms with Gasteiger partial charge in [0, 0.05) is 46.8 Å². The van der Waals surface area contributed by atoms with Gasteiger partial charge in [-0.25, -0.2) is 4.79 Å². The summed E-state index contributed by atoms with van der Waals surface area (Å²) in [6.07, 6.45) is 8.42. The van der Waals surface area contributed by atoms with E-state index in [1.807, 2.05) is 6.07 Å². The summed E-state index contributed by atoms with van der Waals surface area (Å²) in [5.41, 5.74) is 7.90. The van der Waals surface area contributed by atoms with Crippen LogP contribution in [0.2, 0.25) is 0 Å². The molecule has 6 heteroatoms. The van der Waals surface area contributed by atoms with Crippen molar-refractivity contribution in [3.63, 3.8) is 0 Å². The number of benzene rings is 1. The SMILES string of the molecule is CC1(C)CCc2oc(SNC(=O)Nc3c4c(cc5c3CCC5)CCC4)cc2C1=N. The molecule has 0 radical (unpaired) electrons. The average molecular weight is 410 g/mol. The third-order valence-corrected chi connectivity index (χ3v) is 7.36. The third kappa shape index (κ3) is 3.27. The Kier molecular flexibility index (Phi) is 4.50. The number of rotatable bonds is 3. The lowest BCUT2D eigenvalue weighted by Gasteiger charge is -2.29. The average Bonchev–Trinajstić information content (AvgIpc) is 3.42. The first-order valence-electron chi connectivity index (χ1n) is 10.5. The quantitative estimate of drug-likeness (QED) is 0.592. The summed E-state index contributed by atoms with van der Waals surface area (Å²) >= 11 is 1.18. The lowest BCUT2D eigenvalue weighted by molar-refractivity contribution is 0.257. The Labute approximate surface area is 175 Å². The zero-order valence-electron chi connectivity index (χ0n) is 17.0. The van der Waals surface area contributed by atoms with Crippen molar-refractivity contribution in [1.82, 2.24) is 4.72 Å². The second-order valence-corrected chi connectivity index (χ2v) is 9.86. The number of hydrogen-bond acceptors (Lipinski definition) is 4. The van der Waals surface area contributed by atoms with Gasteiger partial charge in [0.25, 0.3) is 0 Å². The second kappa shape index (κ2) is 6.94. The van der Waals surface area contributed by atoms with E-state index in [0.29, 0.717) is 10.8 Å². The van der Waals surface area contributed by atoms with E-state index < -0.39 is 0 Å². The number of nitrogens with one attached hydrogen (secondary N) is 3. The largest absolute Gasteiger partial charge is 0.452 e. The molecular formula is C23H27N3O2S. The van der Waals surface area contributed by atoms with Gasteiger partial charge in [0.1, 0.15) is 5.76 Å². The van der Waals surface area contributed by atoms with Crippen molar-refractivity contribution < 1.29 is 9.21 Å². The monoisotopic (exact) mass is 409 g/mol. The Morgan fingerprint density at radius 2 is 1.76 bits per heavy atom. The first-order valence-corrected chi connectivity index (χ1v) is 11.4. The standard InChI is InChI=1S/C23H27N3O2S/c1-23(2)10-9-18-17(21(23)24)12-19(28-18)29-26-22(27)25-20-15-7-3-5-13(15)11-14-6-4-8-16(14)20/h11-12,24H,3-10H2,1-2H3,(H2,25,26,27). The highest BCUT2D eigenvalue weighted by Gasteiger charge is 2.33. The number of carbonyl (C=O) groups excluding carboxylic acids is 1. The first kappa shape index (κ1) is 18.8. The van der Waals surface area contributed by atoms with Crippen molar-refractivity contribution in [1.29, 1.82) is 5.41 Å². The molecule has 3 aliphatic rings. The second-order valence-electron chi connectivity index (χ2n) is 9.05. The molecule has 0 saturated heterocycles. The van der Waals surface area contributed by atoms with Crippen LogP contribution in [-0.4, -0.2) is 11.7 Å². The molecule has 0 atom stereocenters. The summed E-state index contributed by atoms with van der Waals surface area (Å²) in [5.74, 6) is 0.859. The molecule has 5 nitrogen and oxygen atoms in total. The van der Waals surface area contributed by atoms with Crippen molar-refractivity contribution in [3.8, 4) is 0 Å². The smallest absolute Gasteiger partial charge is 0.329 e. The van der Waals surface area contributed by atoms with Gasteiger partial charge in [0.2, 0.25) is 0 Å². The Balaban J connectivity index is 1.30. The molecule has 1 heterocycles. The molecule has 2 aromatic rings. The Hall–Kier alpha value is -2.21. The number of aryl methyl sites for hydroxylation is 3. The maximum Gasteiger partial charge on any atom is 0.329 e. The maximum atomic E-state index is 12.7. The van der Waals surface area contributed by atoms with Gasteiger partial charge in [-0.1, -0.05) is 19.9 Å². The Morgan fingerprint density at radius 1 is 1.07 bits per heavy atom. The number of anilines is 1. The van der Waals surface area contributed by atoms with Gasteiger partial charge in [-0.2, -0.15) is 0 Å². The van der Waals surface area contributed by atoms with Gasteiger partial charge < -0.3 is 15.1 Å². The summed E-state index contributed by atoms with van der Waals surface area (Å²) in [6.45, 7) is 4.20. The molecule has 29 heavy (non-hydrogen) atoms. The van der Waals surface area contributed by atoms with E-state index in [4.69, 9.17) is 9.83 Å². The number of furan rings is 1. The van der Waals surface area contributed by atoms with Crippen LogP contribution in [0.25, 0.3) is 0 Å². The molecule has 3 N–H and O–H groups in total. The minimum absolute atomic E-state index is 0.127. The predicted molar refractivity (Wildman–Crippen MR) is 116 cm³/mol. The zero-order chi connectivity index (χ0) is 20.2. The molecule has 0 unspecified atom stereocenters. The van der Waals surface area contributed by atoms with E-state index in [2.05, 4.69) is 30.0 Å². The van der Waals surface area contributed by atoms with Crippen LogP contribution >= 0.6 is 11.9 Å². The van der Waals surface area contributed by atoms with E-state index in [0.717, 1.165) is 55.5 Å². The van der Waals surface area contributed by atoms with Crippen molar-refractivity contribution in [2.24, 2.45) is 5.41 Å². The molecule has 0 bridgehead atoms. The van der Waals surface area contributed by atoms with E-state index in [9.17, 15) is 4.79 Å². The molecule has 0 spiro atoms. The molecule has 0 fully saturated rings. The van der Waals surface area contributed by atoms with E-state index >= 15 is 0 Å². The molecule has 152 valence electrons. The highest BCUT2D eigenvalue weighted by Crippen LogP contribution is 2.39. The number of hydrogen-bond donors (Lipinski definition) is 3. The van der Waals surface area contributed by atoms with Crippen LogP contribution in [0.15, 0.2) is 21.6 Å². The highest BCUT2D eigenvalue weighted by molar-refractivity contribution is 7.97. The summed E-state index contributed by atoms with van der Waals surface area (Å²) in [6, 6.07) is 4.04. The first-order chi connectivity index (χ1) is 13.9. The summed E-state index contributed by atoms with van der Waals surface area (Å²) in [4.78, 5) is 12.7. The number of urea groups is 1. The van der Waals surface area contributed by atoms with Crippen LogP contribution in [0, 0.1) is 10.8 Å². The van der Waals surface area contributed by atoms with E-state index in [1.165, 1.54) is 47.0 Å². The van der Waals surface area contributed by atoms with E-state index in [1.54, 1.807) is 0 Å². The predicted octanol–water partition coefficient (Wildman–Crippen LogP) is 5.43. The van der Waals surface area contributed by atoms with Crippen LogP contribution in [0.3, 0.4) is 0 Å². The maximum absolute atomic E-state index is 12.7. The van der Waals surface area contributed by atoms with Crippen molar-refractivity contribution in [2.45, 2.75) is 70.3 Å². The van der Waals surface area contributed by atoms with Gasteiger partial charge in [0.15, 0.2) is 5.09 Å².